The summed E-state index contributed by atoms with van der Waals surface area (Å²) in [6, 6.07) is 15.5. The van der Waals surface area contributed by atoms with Crippen LogP contribution < -0.4 is 4.90 Å². The SMILES string of the molecule is C[C@H]1C(C)(C)N2c3ccccc3[C@@]3(O)C[C@@]4(O)C(=O)N5C=CC(C)(C)c6[nH]c7ccccc7c6C=C5C(=O)N4[C@@]123. The maximum Gasteiger partial charge on any atom is 0.284 e. The summed E-state index contributed by atoms with van der Waals surface area (Å²) < 4.78 is 0. The second kappa shape index (κ2) is 6.70. The average Bonchev–Trinajstić information content (AvgIpc) is 3.46. The van der Waals surface area contributed by atoms with E-state index in [0.29, 0.717) is 5.56 Å². The molecule has 8 heteroatoms. The van der Waals surface area contributed by atoms with Crippen molar-refractivity contribution < 1.29 is 19.8 Å². The number of allylic oxidation sites excluding steroid dienone is 1. The van der Waals surface area contributed by atoms with Crippen molar-refractivity contribution in [3.8, 4) is 0 Å². The lowest BCUT2D eigenvalue weighted by atomic mass is 9.61. The summed E-state index contributed by atoms with van der Waals surface area (Å²) in [6.07, 6.45) is 4.95. The van der Waals surface area contributed by atoms with Crippen LogP contribution in [0, 0.1) is 5.92 Å². The molecular formula is C32H32N4O4. The Hall–Kier alpha value is -3.88. The van der Waals surface area contributed by atoms with E-state index in [4.69, 9.17) is 0 Å². The first-order chi connectivity index (χ1) is 18.8. The molecule has 0 aliphatic carbocycles. The Kier molecular flexibility index (Phi) is 4.01. The summed E-state index contributed by atoms with van der Waals surface area (Å²) >= 11 is 0. The number of hydrogen-bond donors (Lipinski definition) is 3. The highest BCUT2D eigenvalue weighted by Crippen LogP contribution is 2.73. The molecule has 8 rings (SSSR count). The number of amides is 2. The predicted octanol–water partition coefficient (Wildman–Crippen LogP) is 3.91. The number of aliphatic hydroxyl groups is 2. The van der Waals surface area contributed by atoms with Gasteiger partial charge in [-0.3, -0.25) is 19.4 Å². The first-order valence-corrected chi connectivity index (χ1v) is 13.9. The van der Waals surface area contributed by atoms with Crippen LogP contribution >= 0.6 is 0 Å². The zero-order chi connectivity index (χ0) is 28.2. The molecule has 3 fully saturated rings. The molecule has 3 aromatic rings. The van der Waals surface area contributed by atoms with Crippen LogP contribution in [0.3, 0.4) is 0 Å². The molecule has 4 atom stereocenters. The van der Waals surface area contributed by atoms with E-state index in [1.807, 2.05) is 75.4 Å². The van der Waals surface area contributed by atoms with Gasteiger partial charge in [0.05, 0.1) is 0 Å². The molecule has 1 aromatic heterocycles. The Morgan fingerprint density at radius 1 is 0.950 bits per heavy atom. The number of piperazine rings is 1. The standard InChI is InChI=1S/C32H32N4O4/c1-18-29(4,5)35-23-13-9-7-11-21(23)30(39)17-31(40)27(38)34-15-14-28(2,3)25-20(19-10-6-8-12-22(19)33-25)16-24(34)26(37)36(31)32(18,30)35/h6-16,18,33,39-40H,17H2,1-5H3/t18-,30-,31+,32+/m0/s1. The van der Waals surface area contributed by atoms with Gasteiger partial charge in [0.1, 0.15) is 11.3 Å². The highest BCUT2D eigenvalue weighted by atomic mass is 16.4. The van der Waals surface area contributed by atoms with Crippen LogP contribution in [0.25, 0.3) is 17.0 Å². The minimum atomic E-state index is -2.23. The van der Waals surface area contributed by atoms with Crippen molar-refractivity contribution in [2.45, 2.75) is 69.0 Å². The first-order valence-electron chi connectivity index (χ1n) is 13.9. The van der Waals surface area contributed by atoms with Crippen molar-refractivity contribution in [1.82, 2.24) is 14.8 Å². The van der Waals surface area contributed by atoms with Gasteiger partial charge >= 0.3 is 0 Å². The lowest BCUT2D eigenvalue weighted by molar-refractivity contribution is -0.210. The zero-order valence-electron chi connectivity index (χ0n) is 23.2. The van der Waals surface area contributed by atoms with E-state index >= 15 is 0 Å². The van der Waals surface area contributed by atoms with E-state index in [9.17, 15) is 19.8 Å². The number of carbonyl (C=O) groups excluding carboxylic acids is 2. The molecule has 3 N–H and O–H groups in total. The maximum absolute atomic E-state index is 14.8. The lowest BCUT2D eigenvalue weighted by Crippen LogP contribution is -2.87. The highest BCUT2D eigenvalue weighted by molar-refractivity contribution is 6.12. The average molecular weight is 537 g/mol. The highest BCUT2D eigenvalue weighted by Gasteiger charge is 2.87. The molecular weight excluding hydrogens is 504 g/mol. The quantitative estimate of drug-likeness (QED) is 0.405. The van der Waals surface area contributed by atoms with Gasteiger partial charge in [-0.2, -0.15) is 0 Å². The Morgan fingerprint density at radius 2 is 1.65 bits per heavy atom. The van der Waals surface area contributed by atoms with Gasteiger partial charge in [-0.15, -0.1) is 0 Å². The molecule has 6 heterocycles. The molecule has 3 saturated heterocycles. The predicted molar refractivity (Wildman–Crippen MR) is 150 cm³/mol. The summed E-state index contributed by atoms with van der Waals surface area (Å²) in [6.45, 7) is 10.2. The van der Waals surface area contributed by atoms with Gasteiger partial charge in [-0.05, 0) is 32.1 Å². The van der Waals surface area contributed by atoms with Gasteiger partial charge in [0.25, 0.3) is 11.8 Å². The van der Waals surface area contributed by atoms with Gasteiger partial charge in [0, 0.05) is 62.9 Å². The monoisotopic (exact) mass is 536 g/mol. The van der Waals surface area contributed by atoms with E-state index in [1.165, 1.54) is 9.80 Å². The minimum absolute atomic E-state index is 0.152. The fourth-order valence-corrected chi connectivity index (χ4v) is 8.52. The molecule has 0 saturated carbocycles. The number of aromatic amines is 1. The van der Waals surface area contributed by atoms with E-state index < -0.39 is 39.8 Å². The Balaban J connectivity index is 1.40. The molecule has 2 amide bonds. The summed E-state index contributed by atoms with van der Waals surface area (Å²) in [4.78, 5) is 37.3. The van der Waals surface area contributed by atoms with Crippen molar-refractivity contribution in [2.75, 3.05) is 4.90 Å². The van der Waals surface area contributed by atoms with Crippen LogP contribution in [0.4, 0.5) is 5.69 Å². The molecule has 1 spiro atoms. The van der Waals surface area contributed by atoms with Gasteiger partial charge in [0.2, 0.25) is 5.72 Å². The molecule has 0 radical (unpaired) electrons. The molecule has 2 aromatic carbocycles. The first kappa shape index (κ1) is 24.0. The number of aromatic nitrogens is 1. The van der Waals surface area contributed by atoms with E-state index in [1.54, 1.807) is 12.3 Å². The number of nitrogens with one attached hydrogen (secondary N) is 1. The topological polar surface area (TPSA) is 100 Å². The van der Waals surface area contributed by atoms with Gasteiger partial charge in [0.15, 0.2) is 5.66 Å². The van der Waals surface area contributed by atoms with Crippen molar-refractivity contribution in [1.29, 1.82) is 0 Å². The third-order valence-corrected chi connectivity index (χ3v) is 10.5. The fraction of sp³-hybridized carbons (Fsp3) is 0.375. The molecule has 5 aliphatic heterocycles. The van der Waals surface area contributed by atoms with Crippen molar-refractivity contribution in [2.24, 2.45) is 5.92 Å². The van der Waals surface area contributed by atoms with Crippen LogP contribution in [0.15, 0.2) is 66.5 Å². The summed E-state index contributed by atoms with van der Waals surface area (Å²) in [7, 11) is 0. The molecule has 8 nitrogen and oxygen atoms in total. The number of fused-ring (bicyclic) bond motifs is 8. The number of carbonyl (C=O) groups is 2. The molecule has 0 bridgehead atoms. The lowest BCUT2D eigenvalue weighted by Gasteiger charge is -2.70. The van der Waals surface area contributed by atoms with Crippen LogP contribution in [-0.2, 0) is 20.6 Å². The number of para-hydroxylation sites is 2. The fourth-order valence-electron chi connectivity index (χ4n) is 8.52. The molecule has 5 aliphatic rings. The van der Waals surface area contributed by atoms with Crippen molar-refractivity contribution >= 4 is 34.5 Å². The van der Waals surface area contributed by atoms with Crippen molar-refractivity contribution in [3.63, 3.8) is 0 Å². The van der Waals surface area contributed by atoms with Gasteiger partial charge < -0.3 is 20.1 Å². The number of rotatable bonds is 0. The van der Waals surface area contributed by atoms with E-state index in [0.717, 1.165) is 27.8 Å². The van der Waals surface area contributed by atoms with E-state index in [-0.39, 0.29) is 18.0 Å². The smallest absolute Gasteiger partial charge is 0.284 e. The number of H-pyrrole nitrogens is 1. The third-order valence-electron chi connectivity index (χ3n) is 10.5. The summed E-state index contributed by atoms with van der Waals surface area (Å²) in [5.74, 6) is -1.39. The second-order valence-corrected chi connectivity index (χ2v) is 13.1. The van der Waals surface area contributed by atoms with Crippen molar-refractivity contribution in [3.05, 3.63) is 83.3 Å². The molecule has 204 valence electrons. The maximum atomic E-state index is 14.8. The van der Waals surface area contributed by atoms with E-state index in [2.05, 4.69) is 23.7 Å². The normalized spacial score (nSPS) is 34.2. The minimum Gasteiger partial charge on any atom is -0.380 e. The molecule has 40 heavy (non-hydrogen) atoms. The van der Waals surface area contributed by atoms with Crippen LogP contribution in [0.2, 0.25) is 0 Å². The van der Waals surface area contributed by atoms with Gasteiger partial charge in [-0.25, -0.2) is 0 Å². The Bertz CT molecular complexity index is 1770. The third kappa shape index (κ3) is 2.24. The number of hydrogen-bond acceptors (Lipinski definition) is 5. The Labute approximate surface area is 232 Å². The van der Waals surface area contributed by atoms with Crippen LogP contribution in [0.5, 0.6) is 0 Å². The number of anilines is 1. The largest absolute Gasteiger partial charge is 0.380 e. The summed E-state index contributed by atoms with van der Waals surface area (Å²) in [5.41, 5.74) is -1.81. The number of benzene rings is 2. The second-order valence-electron chi connectivity index (χ2n) is 13.1. The van der Waals surface area contributed by atoms with Gasteiger partial charge in [-0.1, -0.05) is 63.2 Å². The Morgan fingerprint density at radius 3 is 2.42 bits per heavy atom. The summed E-state index contributed by atoms with van der Waals surface area (Å²) in [5, 5.41) is 25.8. The van der Waals surface area contributed by atoms with Crippen LogP contribution in [0.1, 0.15) is 57.9 Å². The number of nitrogens with zero attached hydrogens (tertiary/aromatic N) is 3. The molecule has 0 unspecified atom stereocenters. The van der Waals surface area contributed by atoms with Crippen LogP contribution in [-0.4, -0.2) is 53.7 Å². The zero-order valence-corrected chi connectivity index (χ0v) is 23.2.